The molecular weight excluding hydrogens is 480 g/mol. The molecule has 0 spiro atoms. The van der Waals surface area contributed by atoms with Crippen LogP contribution < -0.4 is 0 Å². The first-order valence-corrected chi connectivity index (χ1v) is 14.3. The molecule has 0 aromatic heterocycles. The van der Waals surface area contributed by atoms with Crippen LogP contribution in [0.3, 0.4) is 0 Å². The van der Waals surface area contributed by atoms with Gasteiger partial charge in [-0.05, 0) is 6.42 Å². The highest BCUT2D eigenvalue weighted by Crippen LogP contribution is 2.21. The van der Waals surface area contributed by atoms with Gasteiger partial charge >= 0.3 is 5.97 Å². The lowest BCUT2D eigenvalue weighted by Crippen LogP contribution is -2.44. The van der Waals surface area contributed by atoms with Gasteiger partial charge in [0.25, 0.3) is 0 Å². The van der Waals surface area contributed by atoms with Crippen LogP contribution >= 0.6 is 0 Å². The van der Waals surface area contributed by atoms with E-state index < -0.39 is 55.9 Å². The quantitative estimate of drug-likeness (QED) is 0.0686. The molecule has 9 nitrogen and oxygen atoms in total. The molecule has 0 saturated heterocycles. The predicted octanol–water partition coefficient (Wildman–Crippen LogP) is 2.71. The largest absolute Gasteiger partial charge is 0.463 e. The number of esters is 1. The molecule has 222 valence electrons. The smallest absolute Gasteiger partial charge is 0.334 e. The summed E-state index contributed by atoms with van der Waals surface area (Å²) in [4.78, 5) is 12.2. The molecular formula is C28H56O9. The van der Waals surface area contributed by atoms with Crippen LogP contribution in [0.5, 0.6) is 0 Å². The molecule has 9 heteroatoms. The number of aliphatic hydroxyl groups excluding tert-OH is 6. The number of carbonyl (C=O) groups is 1. The zero-order valence-corrected chi connectivity index (χ0v) is 23.2. The Labute approximate surface area is 224 Å². The molecule has 0 aromatic carbocycles. The van der Waals surface area contributed by atoms with Gasteiger partial charge in [-0.3, -0.25) is 0 Å². The van der Waals surface area contributed by atoms with Gasteiger partial charge in [0.05, 0.1) is 57.1 Å². The van der Waals surface area contributed by atoms with Gasteiger partial charge in [0, 0.05) is 0 Å². The summed E-state index contributed by atoms with van der Waals surface area (Å²) < 4.78 is 10.6. The van der Waals surface area contributed by atoms with Crippen molar-refractivity contribution in [1.82, 2.24) is 0 Å². The predicted molar refractivity (Wildman–Crippen MR) is 143 cm³/mol. The summed E-state index contributed by atoms with van der Waals surface area (Å²) in [7, 11) is 0. The van der Waals surface area contributed by atoms with E-state index in [2.05, 4.69) is 6.92 Å². The molecule has 0 amide bonds. The van der Waals surface area contributed by atoms with E-state index >= 15 is 0 Å². The Morgan fingerprint density at radius 2 is 0.973 bits per heavy atom. The molecule has 0 fully saturated rings. The summed E-state index contributed by atoms with van der Waals surface area (Å²) in [6.07, 6.45) is 16.2. The second-order valence-electron chi connectivity index (χ2n) is 10.8. The lowest BCUT2D eigenvalue weighted by Gasteiger charge is -2.32. The average Bonchev–Trinajstić information content (AvgIpc) is 2.93. The Bertz CT molecular complexity index is 514. The van der Waals surface area contributed by atoms with Crippen molar-refractivity contribution in [1.29, 1.82) is 0 Å². The molecule has 0 saturated carbocycles. The highest BCUT2D eigenvalue weighted by Gasteiger charge is 2.35. The molecule has 0 aliphatic carbocycles. The lowest BCUT2D eigenvalue weighted by molar-refractivity contribution is -0.164. The minimum absolute atomic E-state index is 0.214. The van der Waals surface area contributed by atoms with E-state index in [0.29, 0.717) is 12.8 Å². The van der Waals surface area contributed by atoms with Crippen LogP contribution in [0, 0.1) is 10.8 Å². The minimum atomic E-state index is -1.31. The van der Waals surface area contributed by atoms with Gasteiger partial charge in [0.15, 0.2) is 6.10 Å². The first-order chi connectivity index (χ1) is 17.9. The normalized spacial score (nSPS) is 13.2. The number of carbonyl (C=O) groups excluding carboxylic acids is 1. The SMILES string of the molecule is CCCCCCCCCCCCCCCCC(O)C(=O)OCC(CO)(CO)COCC(CO)(CO)CO. The molecule has 1 atom stereocenters. The van der Waals surface area contributed by atoms with Gasteiger partial charge in [-0.25, -0.2) is 4.79 Å². The van der Waals surface area contributed by atoms with Crippen LogP contribution in [-0.4, -0.2) is 95.6 Å². The summed E-state index contributed by atoms with van der Waals surface area (Å²) in [6.45, 7) is -1.18. The summed E-state index contributed by atoms with van der Waals surface area (Å²) in [5, 5.41) is 57.7. The fourth-order valence-electron chi connectivity index (χ4n) is 4.02. The average molecular weight is 537 g/mol. The van der Waals surface area contributed by atoms with Crippen LogP contribution in [0.25, 0.3) is 0 Å². The fraction of sp³-hybridized carbons (Fsp3) is 0.964. The number of hydrogen-bond acceptors (Lipinski definition) is 9. The van der Waals surface area contributed by atoms with Crippen molar-refractivity contribution >= 4 is 5.97 Å². The van der Waals surface area contributed by atoms with Gasteiger partial charge in [0.1, 0.15) is 6.61 Å². The van der Waals surface area contributed by atoms with Crippen molar-refractivity contribution in [3.8, 4) is 0 Å². The zero-order valence-electron chi connectivity index (χ0n) is 23.2. The van der Waals surface area contributed by atoms with E-state index in [1.165, 1.54) is 64.2 Å². The van der Waals surface area contributed by atoms with E-state index in [4.69, 9.17) is 9.47 Å². The fourth-order valence-corrected chi connectivity index (χ4v) is 4.02. The molecule has 6 N–H and O–H groups in total. The molecule has 1 unspecified atom stereocenters. The molecule has 0 heterocycles. The topological polar surface area (TPSA) is 157 Å². The van der Waals surface area contributed by atoms with E-state index in [9.17, 15) is 35.4 Å². The Balaban J connectivity index is 4.01. The van der Waals surface area contributed by atoms with Gasteiger partial charge in [-0.2, -0.15) is 0 Å². The molecule has 37 heavy (non-hydrogen) atoms. The Hall–Kier alpha value is -0.810. The summed E-state index contributed by atoms with van der Waals surface area (Å²) in [5.74, 6) is -0.809. The Morgan fingerprint density at radius 1 is 0.595 bits per heavy atom. The van der Waals surface area contributed by atoms with Crippen LogP contribution in [-0.2, 0) is 14.3 Å². The van der Waals surface area contributed by atoms with E-state index in [-0.39, 0.29) is 19.8 Å². The molecule has 0 aliphatic heterocycles. The van der Waals surface area contributed by atoms with Crippen LogP contribution in [0.4, 0.5) is 0 Å². The molecule has 0 radical (unpaired) electrons. The maximum Gasteiger partial charge on any atom is 0.334 e. The van der Waals surface area contributed by atoms with Crippen LogP contribution in [0.2, 0.25) is 0 Å². The van der Waals surface area contributed by atoms with Crippen molar-refractivity contribution in [2.45, 2.75) is 109 Å². The van der Waals surface area contributed by atoms with Gasteiger partial charge in [-0.15, -0.1) is 0 Å². The third-order valence-corrected chi connectivity index (χ3v) is 7.12. The Morgan fingerprint density at radius 3 is 1.38 bits per heavy atom. The summed E-state index contributed by atoms with van der Waals surface area (Å²) in [5.41, 5.74) is -2.56. The molecule has 0 bridgehead atoms. The number of ether oxygens (including phenoxy) is 2. The zero-order chi connectivity index (χ0) is 27.8. The number of hydrogen-bond donors (Lipinski definition) is 6. The first-order valence-electron chi connectivity index (χ1n) is 14.3. The summed E-state index contributed by atoms with van der Waals surface area (Å²) in [6, 6.07) is 0. The van der Waals surface area contributed by atoms with Gasteiger partial charge in [0.2, 0.25) is 0 Å². The second-order valence-corrected chi connectivity index (χ2v) is 10.8. The maximum atomic E-state index is 12.2. The molecule has 0 aromatic rings. The second kappa shape index (κ2) is 23.1. The lowest BCUT2D eigenvalue weighted by atomic mass is 9.90. The minimum Gasteiger partial charge on any atom is -0.463 e. The number of rotatable bonds is 27. The van der Waals surface area contributed by atoms with Gasteiger partial charge < -0.3 is 40.1 Å². The van der Waals surface area contributed by atoms with Crippen LogP contribution in [0.1, 0.15) is 103 Å². The van der Waals surface area contributed by atoms with Crippen molar-refractivity contribution in [3.63, 3.8) is 0 Å². The van der Waals surface area contributed by atoms with Crippen molar-refractivity contribution < 1.29 is 44.9 Å². The third-order valence-electron chi connectivity index (χ3n) is 7.12. The van der Waals surface area contributed by atoms with Gasteiger partial charge in [-0.1, -0.05) is 96.8 Å². The first kappa shape index (κ1) is 36.2. The number of aliphatic hydroxyl groups is 6. The van der Waals surface area contributed by atoms with E-state index in [0.717, 1.165) is 19.3 Å². The standard InChI is InChI=1S/C28H56O9/c1-2-3-4-5-6-7-8-9-10-11-12-13-14-15-16-25(34)26(35)37-24-28(20-32,21-33)23-36-22-27(17-29,18-30)19-31/h25,29-34H,2-24H2,1H3. The molecule has 0 rings (SSSR count). The highest BCUT2D eigenvalue weighted by molar-refractivity contribution is 5.74. The number of unbranched alkanes of at least 4 members (excludes halogenated alkanes) is 13. The van der Waals surface area contributed by atoms with Crippen LogP contribution in [0.15, 0.2) is 0 Å². The molecule has 0 aliphatic rings. The van der Waals surface area contributed by atoms with Crippen molar-refractivity contribution in [2.24, 2.45) is 10.8 Å². The Kier molecular flexibility index (Phi) is 22.6. The van der Waals surface area contributed by atoms with E-state index in [1.54, 1.807) is 0 Å². The van der Waals surface area contributed by atoms with Crippen molar-refractivity contribution in [2.75, 3.05) is 52.9 Å². The summed E-state index contributed by atoms with van der Waals surface area (Å²) >= 11 is 0. The monoisotopic (exact) mass is 536 g/mol. The van der Waals surface area contributed by atoms with Crippen molar-refractivity contribution in [3.05, 3.63) is 0 Å². The van der Waals surface area contributed by atoms with E-state index in [1.807, 2.05) is 0 Å². The highest BCUT2D eigenvalue weighted by atomic mass is 16.6. The third kappa shape index (κ3) is 16.7. The maximum absolute atomic E-state index is 12.2.